The van der Waals surface area contributed by atoms with Crippen molar-refractivity contribution in [1.82, 2.24) is 20.2 Å². The maximum absolute atomic E-state index is 12.3. The summed E-state index contributed by atoms with van der Waals surface area (Å²) in [6.45, 7) is 0. The van der Waals surface area contributed by atoms with E-state index in [4.69, 9.17) is 16.3 Å². The number of allylic oxidation sites excluding steroid dienone is 1. The van der Waals surface area contributed by atoms with E-state index in [9.17, 15) is 4.79 Å². The van der Waals surface area contributed by atoms with Gasteiger partial charge in [0.1, 0.15) is 5.75 Å². The topological polar surface area (TPSA) is 81.4 Å². The molecule has 0 radical (unpaired) electrons. The van der Waals surface area contributed by atoms with Crippen LogP contribution >= 0.6 is 23.4 Å². The summed E-state index contributed by atoms with van der Waals surface area (Å²) in [5, 5.41) is 13.9. The highest BCUT2D eigenvalue weighted by Gasteiger charge is 2.17. The fraction of sp³-hybridized carbons (Fsp3) is 0.0769. The monoisotopic (exact) mass is 503 g/mol. The van der Waals surface area contributed by atoms with E-state index in [1.807, 2.05) is 77.4 Å². The van der Waals surface area contributed by atoms with E-state index < -0.39 is 0 Å². The summed E-state index contributed by atoms with van der Waals surface area (Å²) in [6, 6.07) is 24.7. The van der Waals surface area contributed by atoms with Gasteiger partial charge in [0.2, 0.25) is 0 Å². The molecule has 0 aliphatic heterocycles. The van der Waals surface area contributed by atoms with Crippen molar-refractivity contribution in [3.63, 3.8) is 0 Å². The average molecular weight is 504 g/mol. The second-order valence-corrected chi connectivity index (χ2v) is 8.60. The smallest absolute Gasteiger partial charge is 0.250 e. The summed E-state index contributed by atoms with van der Waals surface area (Å²) in [6.07, 6.45) is 5.20. The molecule has 1 heterocycles. The Morgan fingerprint density at radius 2 is 1.80 bits per heavy atom. The van der Waals surface area contributed by atoms with Crippen LogP contribution in [0.2, 0.25) is 5.02 Å². The lowest BCUT2D eigenvalue weighted by atomic mass is 10.2. The van der Waals surface area contributed by atoms with Crippen molar-refractivity contribution < 1.29 is 9.53 Å². The highest BCUT2D eigenvalue weighted by atomic mass is 35.5. The van der Waals surface area contributed by atoms with Crippen molar-refractivity contribution >= 4 is 41.6 Å². The minimum Gasteiger partial charge on any atom is -0.497 e. The van der Waals surface area contributed by atoms with Gasteiger partial charge in [0.15, 0.2) is 11.0 Å². The number of carbonyl (C=O) groups is 1. The molecular weight excluding hydrogens is 482 g/mol. The number of nitrogens with zero attached hydrogens (tertiary/aromatic N) is 4. The fourth-order valence-corrected chi connectivity index (χ4v) is 4.02. The molecule has 0 saturated heterocycles. The second kappa shape index (κ2) is 12.0. The lowest BCUT2D eigenvalue weighted by molar-refractivity contribution is -0.118. The van der Waals surface area contributed by atoms with Gasteiger partial charge in [-0.15, -0.1) is 10.2 Å². The predicted molar refractivity (Wildman–Crippen MR) is 141 cm³/mol. The molecule has 0 unspecified atom stereocenters. The number of hydrazone groups is 1. The van der Waals surface area contributed by atoms with Gasteiger partial charge in [0.25, 0.3) is 5.91 Å². The van der Waals surface area contributed by atoms with Gasteiger partial charge in [-0.1, -0.05) is 59.8 Å². The minimum atomic E-state index is -0.254. The van der Waals surface area contributed by atoms with Gasteiger partial charge < -0.3 is 4.74 Å². The molecule has 1 amide bonds. The molecule has 0 saturated carbocycles. The van der Waals surface area contributed by atoms with E-state index in [-0.39, 0.29) is 11.7 Å². The number of aromatic nitrogens is 3. The molecule has 9 heteroatoms. The number of hydrogen-bond acceptors (Lipinski definition) is 6. The summed E-state index contributed by atoms with van der Waals surface area (Å²) >= 11 is 7.35. The Labute approximate surface area is 212 Å². The van der Waals surface area contributed by atoms with Gasteiger partial charge in [-0.05, 0) is 60.2 Å². The van der Waals surface area contributed by atoms with Crippen LogP contribution in [0.3, 0.4) is 0 Å². The maximum atomic E-state index is 12.3. The summed E-state index contributed by atoms with van der Waals surface area (Å²) in [7, 11) is 1.62. The van der Waals surface area contributed by atoms with Gasteiger partial charge in [0, 0.05) is 22.5 Å². The summed E-state index contributed by atoms with van der Waals surface area (Å²) < 4.78 is 7.14. The van der Waals surface area contributed by atoms with Gasteiger partial charge >= 0.3 is 0 Å². The number of ether oxygens (including phenoxy) is 1. The lowest BCUT2D eigenvalue weighted by Crippen LogP contribution is -2.19. The standard InChI is InChI=1S/C26H22ClN5O2S/c1-34-23-15-9-20(10-16-23)25-30-31-26(32(25)22-13-11-21(27)12-14-22)35-18-24(33)29-28-17-5-8-19-6-3-2-4-7-19/h2-17H,18H2,1H3,(H,29,33)/b8-5+,28-17-. The van der Waals surface area contributed by atoms with E-state index in [1.165, 1.54) is 18.0 Å². The first kappa shape index (κ1) is 24.3. The Hall–Kier alpha value is -3.88. The number of carbonyl (C=O) groups excluding carboxylic acids is 1. The third-order valence-corrected chi connectivity index (χ3v) is 6.02. The zero-order valence-electron chi connectivity index (χ0n) is 18.8. The van der Waals surface area contributed by atoms with Crippen LogP contribution in [0.4, 0.5) is 0 Å². The van der Waals surface area contributed by atoms with Gasteiger partial charge in [-0.3, -0.25) is 9.36 Å². The quantitative estimate of drug-likeness (QED) is 0.185. The van der Waals surface area contributed by atoms with Crippen LogP contribution in [-0.4, -0.2) is 39.7 Å². The number of nitrogens with one attached hydrogen (secondary N) is 1. The van der Waals surface area contributed by atoms with Gasteiger partial charge in [-0.25, -0.2) is 5.43 Å². The third-order valence-electron chi connectivity index (χ3n) is 4.84. The molecule has 4 rings (SSSR count). The van der Waals surface area contributed by atoms with Crippen molar-refractivity contribution in [1.29, 1.82) is 0 Å². The molecule has 1 N–H and O–H groups in total. The zero-order valence-corrected chi connectivity index (χ0v) is 20.4. The molecule has 0 atom stereocenters. The Morgan fingerprint density at radius 1 is 1.06 bits per heavy atom. The number of hydrogen-bond donors (Lipinski definition) is 1. The predicted octanol–water partition coefficient (Wildman–Crippen LogP) is 5.50. The molecular formula is C26H22ClN5O2S. The number of amides is 1. The van der Waals surface area contributed by atoms with E-state index >= 15 is 0 Å². The Bertz CT molecular complexity index is 1320. The van der Waals surface area contributed by atoms with Crippen LogP contribution < -0.4 is 10.2 Å². The van der Waals surface area contributed by atoms with Crippen molar-refractivity contribution in [3.8, 4) is 22.8 Å². The first-order valence-corrected chi connectivity index (χ1v) is 12.0. The van der Waals surface area contributed by atoms with Crippen molar-refractivity contribution in [2.24, 2.45) is 5.10 Å². The Kier molecular flexibility index (Phi) is 8.32. The SMILES string of the molecule is COc1ccc(-c2nnc(SCC(=O)N/N=C\C=C\c3ccccc3)n2-c2ccc(Cl)cc2)cc1. The first-order chi connectivity index (χ1) is 17.1. The van der Waals surface area contributed by atoms with Crippen LogP contribution in [-0.2, 0) is 4.79 Å². The second-order valence-electron chi connectivity index (χ2n) is 7.22. The molecule has 4 aromatic rings. The van der Waals surface area contributed by atoms with E-state index in [1.54, 1.807) is 25.3 Å². The van der Waals surface area contributed by atoms with Crippen LogP contribution in [0.15, 0.2) is 95.2 Å². The number of rotatable bonds is 9. The van der Waals surface area contributed by atoms with E-state index in [0.717, 1.165) is 22.6 Å². The highest BCUT2D eigenvalue weighted by molar-refractivity contribution is 7.99. The summed E-state index contributed by atoms with van der Waals surface area (Å²) in [4.78, 5) is 12.3. The molecule has 0 spiro atoms. The van der Waals surface area contributed by atoms with Crippen molar-refractivity contribution in [2.75, 3.05) is 12.9 Å². The molecule has 0 aliphatic rings. The maximum Gasteiger partial charge on any atom is 0.250 e. The van der Waals surface area contributed by atoms with Crippen LogP contribution in [0.1, 0.15) is 5.56 Å². The average Bonchev–Trinajstić information content (AvgIpc) is 3.32. The molecule has 1 aromatic heterocycles. The third kappa shape index (κ3) is 6.59. The molecule has 35 heavy (non-hydrogen) atoms. The highest BCUT2D eigenvalue weighted by Crippen LogP contribution is 2.29. The number of methoxy groups -OCH3 is 1. The van der Waals surface area contributed by atoms with E-state index in [0.29, 0.717) is 16.0 Å². The van der Waals surface area contributed by atoms with Crippen LogP contribution in [0.5, 0.6) is 5.75 Å². The molecule has 7 nitrogen and oxygen atoms in total. The van der Waals surface area contributed by atoms with Gasteiger partial charge in [0.05, 0.1) is 12.9 Å². The number of thioether (sulfide) groups is 1. The lowest BCUT2D eigenvalue weighted by Gasteiger charge is -2.11. The molecule has 0 bridgehead atoms. The van der Waals surface area contributed by atoms with Crippen molar-refractivity contribution in [3.05, 3.63) is 95.5 Å². The largest absolute Gasteiger partial charge is 0.497 e. The molecule has 3 aromatic carbocycles. The molecule has 0 fully saturated rings. The van der Waals surface area contributed by atoms with Gasteiger partial charge in [-0.2, -0.15) is 5.10 Å². The summed E-state index contributed by atoms with van der Waals surface area (Å²) in [5.41, 5.74) is 5.27. The minimum absolute atomic E-state index is 0.119. The summed E-state index contributed by atoms with van der Waals surface area (Å²) in [5.74, 6) is 1.25. The van der Waals surface area contributed by atoms with Crippen molar-refractivity contribution in [2.45, 2.75) is 5.16 Å². The Balaban J connectivity index is 1.46. The number of benzene rings is 3. The normalized spacial score (nSPS) is 11.3. The number of halogens is 1. The molecule has 0 aliphatic carbocycles. The molecule has 176 valence electrons. The zero-order chi connectivity index (χ0) is 24.5. The fourth-order valence-electron chi connectivity index (χ4n) is 3.15. The first-order valence-electron chi connectivity index (χ1n) is 10.7. The van der Waals surface area contributed by atoms with Crippen LogP contribution in [0, 0.1) is 0 Å². The van der Waals surface area contributed by atoms with Crippen LogP contribution in [0.25, 0.3) is 23.2 Å². The van der Waals surface area contributed by atoms with E-state index in [2.05, 4.69) is 20.7 Å². The Morgan fingerprint density at radius 3 is 2.51 bits per heavy atom.